The fraction of sp³-hybridized carbons (Fsp3) is 0.667. The summed E-state index contributed by atoms with van der Waals surface area (Å²) in [4.78, 5) is 16.4. The molecule has 2 saturated carbocycles. The van der Waals surface area contributed by atoms with Gasteiger partial charge in [-0.2, -0.15) is 0 Å². The van der Waals surface area contributed by atoms with Gasteiger partial charge in [0, 0.05) is 36.1 Å². The molecule has 3 saturated heterocycles. The number of nitrogens with zero attached hydrogens (tertiary/aromatic N) is 2. The summed E-state index contributed by atoms with van der Waals surface area (Å²) in [6.07, 6.45) is 5.85. The molecule has 5 fully saturated rings. The van der Waals surface area contributed by atoms with Gasteiger partial charge < -0.3 is 33.8 Å². The zero-order chi connectivity index (χ0) is 26.1. The molecule has 5 aliphatic rings. The highest BCUT2D eigenvalue weighted by Gasteiger charge is 2.65. The molecule has 2 N–H and O–H groups in total. The molecule has 7 rings (SSSR count). The molecule has 2 aromatic rings. The third-order valence-corrected chi connectivity index (χ3v) is 8.84. The van der Waals surface area contributed by atoms with Gasteiger partial charge in [0.25, 0.3) is 5.91 Å². The highest BCUT2D eigenvalue weighted by Crippen LogP contribution is 2.51. The number of rotatable bonds is 2. The van der Waals surface area contributed by atoms with Crippen molar-refractivity contribution in [2.75, 3.05) is 0 Å². The highest BCUT2D eigenvalue weighted by molar-refractivity contribution is 6.31. The summed E-state index contributed by atoms with van der Waals surface area (Å²) in [7, 11) is 0. The third-order valence-electron chi connectivity index (χ3n) is 8.62. The summed E-state index contributed by atoms with van der Waals surface area (Å²) >= 11 is 6.22. The summed E-state index contributed by atoms with van der Waals surface area (Å²) in [6.45, 7) is 1.87. The summed E-state index contributed by atoms with van der Waals surface area (Å²) < 4.78 is 32.2. The van der Waals surface area contributed by atoms with Crippen LogP contribution in [-0.2, 0) is 28.5 Å². The maximum absolute atomic E-state index is 13.5. The minimum Gasteiger partial charge on any atom is -0.493 e. The average Bonchev–Trinajstić information content (AvgIpc) is 3.54. The van der Waals surface area contributed by atoms with Crippen molar-refractivity contribution in [2.45, 2.75) is 113 Å². The van der Waals surface area contributed by atoms with E-state index in [1.54, 1.807) is 12.1 Å². The van der Waals surface area contributed by atoms with Crippen LogP contribution < -0.4 is 0 Å². The number of aromatic nitrogens is 1. The molecule has 204 valence electrons. The number of hydrogen-bond acceptors (Lipinski definition) is 8. The van der Waals surface area contributed by atoms with Crippen LogP contribution in [0.5, 0.6) is 5.88 Å². The Kier molecular flexibility index (Phi) is 6.06. The molecule has 38 heavy (non-hydrogen) atoms. The van der Waals surface area contributed by atoms with E-state index in [0.29, 0.717) is 15.9 Å². The lowest BCUT2D eigenvalue weighted by Crippen LogP contribution is -2.57. The van der Waals surface area contributed by atoms with E-state index in [9.17, 15) is 9.90 Å². The van der Waals surface area contributed by atoms with Gasteiger partial charge >= 0.3 is 0 Å². The lowest BCUT2D eigenvalue weighted by atomic mass is 9.94. The third kappa shape index (κ3) is 4.08. The molecule has 0 radical (unpaired) electrons. The average molecular weight is 546 g/mol. The van der Waals surface area contributed by atoms with Crippen LogP contribution in [0.25, 0.3) is 10.9 Å². The second-order valence-electron chi connectivity index (χ2n) is 11.2. The van der Waals surface area contributed by atoms with Gasteiger partial charge in [-0.15, -0.1) is 10.2 Å². The fourth-order valence-electron chi connectivity index (χ4n) is 6.81. The van der Waals surface area contributed by atoms with Crippen LogP contribution >= 0.6 is 11.6 Å². The zero-order valence-electron chi connectivity index (χ0n) is 21.3. The number of aryl methyl sites for hydroxylation is 1. The number of amides is 1. The number of carbonyl (C=O) groups excluding carboxylic acids is 1. The van der Waals surface area contributed by atoms with E-state index in [0.717, 1.165) is 69.8 Å². The molecular formula is C27H32ClN3O7. The summed E-state index contributed by atoms with van der Waals surface area (Å²) in [6, 6.07) is 3.45. The monoisotopic (exact) mass is 545 g/mol. The Hall–Kier alpha value is -2.08. The molecule has 1 amide bonds. The van der Waals surface area contributed by atoms with Gasteiger partial charge in [-0.1, -0.05) is 24.4 Å². The number of carbonyl (C=O) groups is 1. The number of halogens is 1. The van der Waals surface area contributed by atoms with Crippen molar-refractivity contribution in [3.05, 3.63) is 22.7 Å². The number of benzene rings is 1. The lowest BCUT2D eigenvalue weighted by molar-refractivity contribution is -0.247. The van der Waals surface area contributed by atoms with Crippen molar-refractivity contribution < 1.29 is 33.6 Å². The van der Waals surface area contributed by atoms with Crippen LogP contribution in [0.1, 0.15) is 69.8 Å². The zero-order valence-corrected chi connectivity index (χ0v) is 22.0. The summed E-state index contributed by atoms with van der Waals surface area (Å²) in [5.41, 5.74) is 1.65. The van der Waals surface area contributed by atoms with Gasteiger partial charge in [-0.3, -0.25) is 4.79 Å². The Morgan fingerprint density at radius 2 is 1.58 bits per heavy atom. The molecule has 1 aromatic heterocycles. The van der Waals surface area contributed by atoms with Crippen molar-refractivity contribution in [3.8, 4) is 5.88 Å². The number of H-pyrrole nitrogens is 1. The fourth-order valence-corrected chi connectivity index (χ4v) is 7.09. The number of azo groups is 1. The number of hydrogen-bond donors (Lipinski definition) is 2. The van der Waals surface area contributed by atoms with Crippen LogP contribution in [0.4, 0.5) is 5.69 Å². The molecule has 4 heterocycles. The van der Waals surface area contributed by atoms with Crippen molar-refractivity contribution >= 4 is 34.1 Å². The van der Waals surface area contributed by atoms with Gasteiger partial charge in [0.15, 0.2) is 29.7 Å². The van der Waals surface area contributed by atoms with Gasteiger partial charge in [0.2, 0.25) is 5.88 Å². The second kappa shape index (κ2) is 9.25. The molecular weight excluding hydrogens is 514 g/mol. The summed E-state index contributed by atoms with van der Waals surface area (Å²) in [5.74, 6) is -2.29. The first kappa shape index (κ1) is 24.9. The number of aromatic amines is 1. The summed E-state index contributed by atoms with van der Waals surface area (Å²) in [5, 5.41) is 19.6. The Morgan fingerprint density at radius 1 is 0.947 bits per heavy atom. The van der Waals surface area contributed by atoms with E-state index in [2.05, 4.69) is 15.2 Å². The molecule has 11 heteroatoms. The SMILES string of the molecule is Cc1cc(Cl)cc2c(N=NC(=O)[C@@H]3O[C@@H]4OC5(CCCCC5)O[C@@H]4[C@@H]4OC5(CCCCC5)O[C@H]43)c(O)[nH]c12. The standard InChI is InChI=1S/C27H32ClN3O7/c1-14-12-15(28)13-16-17(14)29-23(32)18(16)30-31-24(33)21-19-20(36-26(35-19)8-4-2-5-9-26)22-25(34-21)38-27(37-22)10-6-3-7-11-27/h12-13,19-22,25,29,32H,2-11H2,1H3/t19-,20-,21-,22-,25-/m1/s1. The van der Waals surface area contributed by atoms with E-state index in [1.165, 1.54) is 0 Å². The molecule has 2 aliphatic carbocycles. The van der Waals surface area contributed by atoms with E-state index < -0.39 is 48.2 Å². The van der Waals surface area contributed by atoms with E-state index in [-0.39, 0.29) is 11.6 Å². The minimum atomic E-state index is -1.08. The molecule has 0 bridgehead atoms. The van der Waals surface area contributed by atoms with Crippen molar-refractivity contribution in [2.24, 2.45) is 10.2 Å². The molecule has 2 spiro atoms. The Morgan fingerprint density at radius 3 is 2.29 bits per heavy atom. The quantitative estimate of drug-likeness (QED) is 0.464. The molecule has 5 atom stereocenters. The predicted molar refractivity (Wildman–Crippen MR) is 135 cm³/mol. The molecule has 3 aliphatic heterocycles. The first-order chi connectivity index (χ1) is 18.4. The minimum absolute atomic E-state index is 0.137. The largest absolute Gasteiger partial charge is 0.493 e. The van der Waals surface area contributed by atoms with Crippen molar-refractivity contribution in [3.63, 3.8) is 0 Å². The number of aromatic hydroxyl groups is 1. The molecule has 0 unspecified atom stereocenters. The Bertz CT molecular complexity index is 1280. The maximum Gasteiger partial charge on any atom is 0.296 e. The first-order valence-corrected chi connectivity index (χ1v) is 14.1. The molecule has 10 nitrogen and oxygen atoms in total. The maximum atomic E-state index is 13.5. The van der Waals surface area contributed by atoms with Crippen molar-refractivity contribution in [1.82, 2.24) is 4.98 Å². The normalized spacial score (nSPS) is 33.8. The molecule has 1 aromatic carbocycles. The van der Waals surface area contributed by atoms with Crippen LogP contribution in [-0.4, -0.2) is 58.3 Å². The van der Waals surface area contributed by atoms with Gasteiger partial charge in [-0.05, 0) is 50.3 Å². The first-order valence-electron chi connectivity index (χ1n) is 13.7. The van der Waals surface area contributed by atoms with E-state index >= 15 is 0 Å². The van der Waals surface area contributed by atoms with Crippen LogP contribution in [0, 0.1) is 6.92 Å². The predicted octanol–water partition coefficient (Wildman–Crippen LogP) is 5.69. The smallest absolute Gasteiger partial charge is 0.296 e. The van der Waals surface area contributed by atoms with Crippen LogP contribution in [0.15, 0.2) is 22.4 Å². The van der Waals surface area contributed by atoms with E-state index in [1.807, 2.05) is 6.92 Å². The van der Waals surface area contributed by atoms with E-state index in [4.69, 9.17) is 35.3 Å². The number of nitrogens with one attached hydrogen (secondary N) is 1. The van der Waals surface area contributed by atoms with Crippen molar-refractivity contribution in [1.29, 1.82) is 0 Å². The topological polar surface area (TPSA) is 124 Å². The van der Waals surface area contributed by atoms with Gasteiger partial charge in [0.05, 0.1) is 5.52 Å². The Labute approximate surface area is 225 Å². The van der Waals surface area contributed by atoms with Gasteiger partial charge in [-0.25, -0.2) is 0 Å². The number of fused-ring (bicyclic) bond motifs is 4. The van der Waals surface area contributed by atoms with Crippen LogP contribution in [0.3, 0.4) is 0 Å². The highest BCUT2D eigenvalue weighted by atomic mass is 35.5. The lowest BCUT2D eigenvalue weighted by Gasteiger charge is -2.35. The van der Waals surface area contributed by atoms with Crippen LogP contribution in [0.2, 0.25) is 5.02 Å². The van der Waals surface area contributed by atoms with Gasteiger partial charge in [0.1, 0.15) is 18.3 Å². The Balaban J connectivity index is 1.19. The second-order valence-corrected chi connectivity index (χ2v) is 11.7. The number of ether oxygens (including phenoxy) is 5.